The van der Waals surface area contributed by atoms with E-state index in [4.69, 9.17) is 9.47 Å². The van der Waals surface area contributed by atoms with Crippen molar-refractivity contribution < 1.29 is 34.1 Å². The van der Waals surface area contributed by atoms with E-state index in [-0.39, 0.29) is 25.0 Å². The first kappa shape index (κ1) is 26.2. The molecule has 3 saturated heterocycles. The van der Waals surface area contributed by atoms with Crippen molar-refractivity contribution in [3.8, 4) is 5.75 Å². The SMILES string of the molecule is C=CCN(C(=O)C1N([C@@H](CO)[C@@H](C)CC)C(=O)[C@@H]2[C@@H](C(=O)O)[C@@]3(C)CCC12O3)c1ccc(OC)cc1. The number of rotatable bonds is 10. The zero-order valence-electron chi connectivity index (χ0n) is 21.3. The molecule has 3 heterocycles. The summed E-state index contributed by atoms with van der Waals surface area (Å²) in [5.41, 5.74) is -1.73. The van der Waals surface area contributed by atoms with Crippen LogP contribution in [0.3, 0.4) is 0 Å². The minimum atomic E-state index is -1.28. The molecule has 3 aliphatic heterocycles. The number of hydrogen-bond acceptors (Lipinski definition) is 6. The Morgan fingerprint density at radius 2 is 2.00 bits per heavy atom. The first-order chi connectivity index (χ1) is 17.1. The number of benzene rings is 1. The fourth-order valence-electron chi connectivity index (χ4n) is 6.55. The van der Waals surface area contributed by atoms with Gasteiger partial charge in [-0.05, 0) is 49.9 Å². The molecular weight excluding hydrogens is 464 g/mol. The van der Waals surface area contributed by atoms with E-state index in [9.17, 15) is 24.6 Å². The lowest BCUT2D eigenvalue weighted by molar-refractivity contribution is -0.156. The fourth-order valence-corrected chi connectivity index (χ4v) is 6.55. The summed E-state index contributed by atoms with van der Waals surface area (Å²) in [5, 5.41) is 20.5. The van der Waals surface area contributed by atoms with Gasteiger partial charge in [-0.3, -0.25) is 14.4 Å². The number of likely N-dealkylation sites (tertiary alicyclic amines) is 1. The van der Waals surface area contributed by atoms with E-state index in [1.54, 1.807) is 44.4 Å². The van der Waals surface area contributed by atoms with Crippen LogP contribution in [0.1, 0.15) is 40.0 Å². The summed E-state index contributed by atoms with van der Waals surface area (Å²) in [6.07, 6.45) is 3.09. The van der Waals surface area contributed by atoms with Crippen LogP contribution in [0.2, 0.25) is 0 Å². The Hall–Kier alpha value is -2.91. The molecule has 7 atom stereocenters. The Morgan fingerprint density at radius 3 is 2.53 bits per heavy atom. The Balaban J connectivity index is 1.85. The van der Waals surface area contributed by atoms with Crippen molar-refractivity contribution >= 4 is 23.5 Å². The van der Waals surface area contributed by atoms with Crippen LogP contribution in [0.5, 0.6) is 5.75 Å². The molecule has 3 fully saturated rings. The maximum absolute atomic E-state index is 14.4. The van der Waals surface area contributed by atoms with Crippen LogP contribution >= 0.6 is 0 Å². The van der Waals surface area contributed by atoms with Gasteiger partial charge in [0.1, 0.15) is 17.4 Å². The quantitative estimate of drug-likeness (QED) is 0.474. The molecule has 3 aliphatic rings. The maximum atomic E-state index is 14.4. The molecule has 9 nitrogen and oxygen atoms in total. The maximum Gasteiger partial charge on any atom is 0.310 e. The molecule has 2 N–H and O–H groups in total. The monoisotopic (exact) mass is 500 g/mol. The molecule has 0 saturated carbocycles. The third-order valence-electron chi connectivity index (χ3n) is 8.52. The highest BCUT2D eigenvalue weighted by atomic mass is 16.5. The van der Waals surface area contributed by atoms with E-state index in [0.717, 1.165) is 0 Å². The Morgan fingerprint density at radius 1 is 1.33 bits per heavy atom. The van der Waals surface area contributed by atoms with Crippen molar-refractivity contribution in [1.82, 2.24) is 4.90 Å². The van der Waals surface area contributed by atoms with Crippen molar-refractivity contribution in [3.05, 3.63) is 36.9 Å². The summed E-state index contributed by atoms with van der Waals surface area (Å²) < 4.78 is 11.7. The Labute approximate surface area is 211 Å². The zero-order chi connectivity index (χ0) is 26.4. The van der Waals surface area contributed by atoms with E-state index in [1.807, 2.05) is 13.8 Å². The molecular formula is C27H36N2O7. The molecule has 0 aromatic heterocycles. The largest absolute Gasteiger partial charge is 0.497 e. The number of fused-ring (bicyclic) bond motifs is 1. The first-order valence-corrected chi connectivity index (χ1v) is 12.5. The van der Waals surface area contributed by atoms with Crippen molar-refractivity contribution in [1.29, 1.82) is 0 Å². The smallest absolute Gasteiger partial charge is 0.310 e. The molecule has 2 bridgehead atoms. The van der Waals surface area contributed by atoms with Gasteiger partial charge >= 0.3 is 5.97 Å². The lowest BCUT2D eigenvalue weighted by Gasteiger charge is -2.41. The average molecular weight is 501 g/mol. The topological polar surface area (TPSA) is 117 Å². The number of aliphatic hydroxyl groups excluding tert-OH is 1. The number of carboxylic acids is 1. The normalized spacial score (nSPS) is 32.2. The number of nitrogens with zero attached hydrogens (tertiary/aromatic N) is 2. The van der Waals surface area contributed by atoms with Crippen LogP contribution in [-0.4, -0.2) is 76.4 Å². The van der Waals surface area contributed by atoms with Crippen LogP contribution in [0, 0.1) is 17.8 Å². The minimum absolute atomic E-state index is 0.116. The fraction of sp³-hybridized carbons (Fsp3) is 0.593. The molecule has 0 aliphatic carbocycles. The van der Waals surface area contributed by atoms with Gasteiger partial charge in [0.2, 0.25) is 5.91 Å². The van der Waals surface area contributed by atoms with Gasteiger partial charge in [-0.25, -0.2) is 0 Å². The number of anilines is 1. The van der Waals surface area contributed by atoms with E-state index >= 15 is 0 Å². The average Bonchev–Trinajstić information content (AvgIpc) is 3.43. The highest BCUT2D eigenvalue weighted by Gasteiger charge is 2.79. The molecule has 0 radical (unpaired) electrons. The lowest BCUT2D eigenvalue weighted by atomic mass is 9.66. The van der Waals surface area contributed by atoms with E-state index in [0.29, 0.717) is 30.7 Å². The van der Waals surface area contributed by atoms with Gasteiger partial charge in [0.05, 0.1) is 37.2 Å². The van der Waals surface area contributed by atoms with Crippen LogP contribution in [0.4, 0.5) is 5.69 Å². The number of carbonyl (C=O) groups excluding carboxylic acids is 2. The number of carboxylic acid groups (broad SMARTS) is 1. The molecule has 9 heteroatoms. The number of ether oxygens (including phenoxy) is 2. The number of aliphatic carboxylic acids is 1. The molecule has 36 heavy (non-hydrogen) atoms. The second kappa shape index (κ2) is 9.52. The summed E-state index contributed by atoms with van der Waals surface area (Å²) in [4.78, 5) is 43.8. The van der Waals surface area contributed by atoms with Crippen molar-refractivity contribution in [2.75, 3.05) is 25.2 Å². The highest BCUT2D eigenvalue weighted by Crippen LogP contribution is 2.63. The number of hydrogen-bond donors (Lipinski definition) is 2. The first-order valence-electron chi connectivity index (χ1n) is 12.5. The molecule has 1 spiro atoms. The lowest BCUT2D eigenvalue weighted by Crippen LogP contribution is -2.60. The standard InChI is InChI=1S/C27H36N2O7/c1-6-14-28(17-8-10-18(35-5)11-9-17)24(32)22-27-13-12-26(4,36-27)21(25(33)34)20(27)23(31)29(22)19(15-30)16(3)7-2/h6,8-11,16,19-22,30H,1,7,12-15H2,2-5H3,(H,33,34)/t16-,19-,20-,21-,22?,26+,27?/m0/s1. The van der Waals surface area contributed by atoms with Crippen molar-refractivity contribution in [2.24, 2.45) is 17.8 Å². The van der Waals surface area contributed by atoms with Crippen LogP contribution in [0.25, 0.3) is 0 Å². The van der Waals surface area contributed by atoms with E-state index in [2.05, 4.69) is 6.58 Å². The second-order valence-corrected chi connectivity index (χ2v) is 10.4. The molecule has 1 aromatic carbocycles. The predicted molar refractivity (Wildman–Crippen MR) is 133 cm³/mol. The number of amides is 2. The van der Waals surface area contributed by atoms with Gasteiger partial charge in [0.15, 0.2) is 0 Å². The van der Waals surface area contributed by atoms with Crippen molar-refractivity contribution in [2.45, 2.75) is 63.3 Å². The molecule has 4 rings (SSSR count). The predicted octanol–water partition coefficient (Wildman–Crippen LogP) is 2.47. The molecule has 2 amide bonds. The number of methoxy groups -OCH3 is 1. The third-order valence-corrected chi connectivity index (χ3v) is 8.52. The van der Waals surface area contributed by atoms with Crippen molar-refractivity contribution in [3.63, 3.8) is 0 Å². The van der Waals surface area contributed by atoms with Gasteiger partial charge in [-0.2, -0.15) is 0 Å². The summed E-state index contributed by atoms with van der Waals surface area (Å²) in [7, 11) is 1.56. The minimum Gasteiger partial charge on any atom is -0.497 e. The Bertz CT molecular complexity index is 1040. The van der Waals surface area contributed by atoms with Gasteiger partial charge in [-0.15, -0.1) is 6.58 Å². The van der Waals surface area contributed by atoms with E-state index < -0.39 is 47.0 Å². The van der Waals surface area contributed by atoms with Gasteiger partial charge in [0, 0.05) is 12.2 Å². The van der Waals surface area contributed by atoms with E-state index in [1.165, 1.54) is 9.80 Å². The Kier molecular flexibility index (Phi) is 6.92. The summed E-state index contributed by atoms with van der Waals surface area (Å²) >= 11 is 0. The van der Waals surface area contributed by atoms with Crippen LogP contribution in [0.15, 0.2) is 36.9 Å². The van der Waals surface area contributed by atoms with Gasteiger partial charge in [-0.1, -0.05) is 26.3 Å². The molecule has 1 aromatic rings. The molecule has 196 valence electrons. The summed E-state index contributed by atoms with van der Waals surface area (Å²) in [6.45, 7) is 9.24. The third kappa shape index (κ3) is 3.71. The number of aliphatic hydroxyl groups is 1. The van der Waals surface area contributed by atoms with Crippen LogP contribution < -0.4 is 9.64 Å². The summed E-state index contributed by atoms with van der Waals surface area (Å²) in [5.74, 6) is -3.47. The van der Waals surface area contributed by atoms with Gasteiger partial charge < -0.3 is 29.5 Å². The number of carbonyl (C=O) groups is 3. The molecule has 2 unspecified atom stereocenters. The summed E-state index contributed by atoms with van der Waals surface area (Å²) in [6, 6.07) is 5.27. The van der Waals surface area contributed by atoms with Crippen LogP contribution in [-0.2, 0) is 19.1 Å². The highest BCUT2D eigenvalue weighted by molar-refractivity contribution is 6.05. The zero-order valence-corrected chi connectivity index (χ0v) is 21.3. The van der Waals surface area contributed by atoms with Gasteiger partial charge in [0.25, 0.3) is 5.91 Å². The second-order valence-electron chi connectivity index (χ2n) is 10.4.